The first-order chi connectivity index (χ1) is 15.5. The Balaban J connectivity index is 1.61. The summed E-state index contributed by atoms with van der Waals surface area (Å²) in [7, 11) is 0. The zero-order valence-corrected chi connectivity index (χ0v) is 18.3. The lowest BCUT2D eigenvalue weighted by molar-refractivity contribution is -0.110. The summed E-state index contributed by atoms with van der Waals surface area (Å²) in [6.45, 7) is 4.07. The Morgan fingerprint density at radius 1 is 1.09 bits per heavy atom. The highest BCUT2D eigenvalue weighted by Crippen LogP contribution is 2.42. The molecule has 0 unspecified atom stereocenters. The second-order valence-electron chi connectivity index (χ2n) is 7.90. The standard InChI is InChI=1S/C25H22ClN3O3/c1-15-13-18(25(31)29-9-11-32-12-10-29)22(27-15)14-19-23-17(16-5-2-3-7-20(16)26)6-4-8-21(23)28-24(19)30/h2-8,13-14,27H,9-12H2,1H3,(H,28,30). The Bertz CT molecular complexity index is 1260. The number of anilines is 1. The number of aryl methyl sites for hydroxylation is 1. The molecule has 0 aliphatic carbocycles. The molecular weight excluding hydrogens is 426 g/mol. The number of aromatic nitrogens is 1. The molecule has 5 rings (SSSR count). The van der Waals surface area contributed by atoms with Gasteiger partial charge >= 0.3 is 0 Å². The molecule has 0 saturated carbocycles. The van der Waals surface area contributed by atoms with Crippen molar-refractivity contribution in [2.75, 3.05) is 31.6 Å². The molecule has 3 aromatic rings. The van der Waals surface area contributed by atoms with Crippen molar-refractivity contribution < 1.29 is 14.3 Å². The van der Waals surface area contributed by atoms with E-state index in [0.29, 0.717) is 48.2 Å². The molecule has 2 aliphatic rings. The fourth-order valence-corrected chi connectivity index (χ4v) is 4.51. The van der Waals surface area contributed by atoms with Gasteiger partial charge in [0.1, 0.15) is 0 Å². The van der Waals surface area contributed by atoms with Crippen molar-refractivity contribution in [3.63, 3.8) is 0 Å². The SMILES string of the molecule is Cc1cc(C(=O)N2CCOCC2)c(C=C2C(=O)Nc3cccc(-c4ccccc4Cl)c32)[nH]1. The highest BCUT2D eigenvalue weighted by Gasteiger charge is 2.29. The summed E-state index contributed by atoms with van der Waals surface area (Å²) in [5, 5.41) is 3.55. The molecule has 0 spiro atoms. The van der Waals surface area contributed by atoms with Crippen molar-refractivity contribution >= 4 is 40.8 Å². The van der Waals surface area contributed by atoms with Crippen LogP contribution in [0.5, 0.6) is 0 Å². The molecule has 0 radical (unpaired) electrons. The van der Waals surface area contributed by atoms with Crippen LogP contribution in [-0.4, -0.2) is 48.0 Å². The minimum atomic E-state index is -0.212. The minimum absolute atomic E-state index is 0.0671. The Labute approximate surface area is 190 Å². The van der Waals surface area contributed by atoms with Crippen LogP contribution in [0.15, 0.2) is 48.5 Å². The van der Waals surface area contributed by atoms with E-state index in [0.717, 1.165) is 28.1 Å². The number of aromatic amines is 1. The molecule has 3 heterocycles. The van der Waals surface area contributed by atoms with E-state index in [1.54, 1.807) is 11.0 Å². The van der Waals surface area contributed by atoms with Gasteiger partial charge in [-0.05, 0) is 36.8 Å². The van der Waals surface area contributed by atoms with Gasteiger partial charge in [-0.1, -0.05) is 41.9 Å². The van der Waals surface area contributed by atoms with Crippen LogP contribution >= 0.6 is 11.6 Å². The number of ether oxygens (including phenoxy) is 1. The molecule has 1 aromatic heterocycles. The number of amides is 2. The zero-order valence-electron chi connectivity index (χ0n) is 17.6. The summed E-state index contributed by atoms with van der Waals surface area (Å²) in [5.41, 5.74) is 5.73. The van der Waals surface area contributed by atoms with Crippen molar-refractivity contribution in [2.45, 2.75) is 6.92 Å². The molecule has 7 heteroatoms. The summed E-state index contributed by atoms with van der Waals surface area (Å²) in [5.74, 6) is -0.279. The second kappa shape index (κ2) is 8.30. The van der Waals surface area contributed by atoms with Crippen molar-refractivity contribution in [3.05, 3.63) is 76.1 Å². The first-order valence-electron chi connectivity index (χ1n) is 10.5. The molecular formula is C25H22ClN3O3. The van der Waals surface area contributed by atoms with Crippen molar-refractivity contribution in [2.24, 2.45) is 0 Å². The van der Waals surface area contributed by atoms with Gasteiger partial charge in [0.05, 0.1) is 30.0 Å². The van der Waals surface area contributed by atoms with E-state index in [4.69, 9.17) is 16.3 Å². The van der Waals surface area contributed by atoms with E-state index in [1.165, 1.54) is 0 Å². The van der Waals surface area contributed by atoms with Crippen LogP contribution < -0.4 is 5.32 Å². The van der Waals surface area contributed by atoms with Crippen LogP contribution in [0.4, 0.5) is 5.69 Å². The van der Waals surface area contributed by atoms with Gasteiger partial charge < -0.3 is 19.9 Å². The Morgan fingerprint density at radius 2 is 1.84 bits per heavy atom. The number of morpholine rings is 1. The molecule has 2 aliphatic heterocycles. The number of halogens is 1. The van der Waals surface area contributed by atoms with Crippen molar-refractivity contribution in [3.8, 4) is 11.1 Å². The van der Waals surface area contributed by atoms with Gasteiger partial charge in [-0.15, -0.1) is 0 Å². The average Bonchev–Trinajstić information content (AvgIpc) is 3.33. The number of fused-ring (bicyclic) bond motifs is 1. The normalized spacial score (nSPS) is 16.9. The number of benzene rings is 2. The highest BCUT2D eigenvalue weighted by atomic mass is 35.5. The number of nitrogens with zero attached hydrogens (tertiary/aromatic N) is 1. The average molecular weight is 448 g/mol. The summed E-state index contributed by atoms with van der Waals surface area (Å²) in [6.07, 6.45) is 1.77. The molecule has 162 valence electrons. The molecule has 2 amide bonds. The van der Waals surface area contributed by atoms with E-state index >= 15 is 0 Å². The minimum Gasteiger partial charge on any atom is -0.378 e. The smallest absolute Gasteiger partial charge is 0.256 e. The predicted molar refractivity (Wildman–Crippen MR) is 126 cm³/mol. The number of rotatable bonds is 3. The lowest BCUT2D eigenvalue weighted by Crippen LogP contribution is -2.40. The molecule has 32 heavy (non-hydrogen) atoms. The summed E-state index contributed by atoms with van der Waals surface area (Å²) in [4.78, 5) is 31.2. The van der Waals surface area contributed by atoms with E-state index in [-0.39, 0.29) is 11.8 Å². The Morgan fingerprint density at radius 3 is 2.62 bits per heavy atom. The zero-order chi connectivity index (χ0) is 22.2. The van der Waals surface area contributed by atoms with E-state index in [9.17, 15) is 9.59 Å². The number of carbonyl (C=O) groups is 2. The molecule has 0 atom stereocenters. The maximum absolute atomic E-state index is 13.2. The van der Waals surface area contributed by atoms with Gasteiger partial charge in [0.2, 0.25) is 0 Å². The van der Waals surface area contributed by atoms with Crippen molar-refractivity contribution in [1.29, 1.82) is 0 Å². The molecule has 2 aromatic carbocycles. The molecule has 1 saturated heterocycles. The fraction of sp³-hybridized carbons (Fsp3) is 0.200. The Kier molecular flexibility index (Phi) is 5.33. The first kappa shape index (κ1) is 20.5. The third kappa shape index (κ3) is 3.61. The van der Waals surface area contributed by atoms with E-state index in [2.05, 4.69) is 10.3 Å². The van der Waals surface area contributed by atoms with Gasteiger partial charge in [-0.25, -0.2) is 0 Å². The number of carbonyl (C=O) groups excluding carboxylic acids is 2. The summed E-state index contributed by atoms with van der Waals surface area (Å²) in [6, 6.07) is 15.1. The summed E-state index contributed by atoms with van der Waals surface area (Å²) >= 11 is 6.47. The van der Waals surface area contributed by atoms with Gasteiger partial charge in [-0.3, -0.25) is 9.59 Å². The number of hydrogen-bond donors (Lipinski definition) is 2. The van der Waals surface area contributed by atoms with Crippen LogP contribution in [-0.2, 0) is 9.53 Å². The lowest BCUT2D eigenvalue weighted by Gasteiger charge is -2.26. The van der Waals surface area contributed by atoms with Crippen molar-refractivity contribution in [1.82, 2.24) is 9.88 Å². The second-order valence-corrected chi connectivity index (χ2v) is 8.31. The van der Waals surface area contributed by atoms with Crippen LogP contribution in [0, 0.1) is 6.92 Å². The maximum Gasteiger partial charge on any atom is 0.256 e. The van der Waals surface area contributed by atoms with Crippen LogP contribution in [0.3, 0.4) is 0 Å². The lowest BCUT2D eigenvalue weighted by atomic mass is 9.94. The molecule has 2 N–H and O–H groups in total. The fourth-order valence-electron chi connectivity index (χ4n) is 4.27. The van der Waals surface area contributed by atoms with Gasteiger partial charge in [0, 0.05) is 40.6 Å². The van der Waals surface area contributed by atoms with E-state index < -0.39 is 0 Å². The summed E-state index contributed by atoms with van der Waals surface area (Å²) < 4.78 is 5.37. The van der Waals surface area contributed by atoms with Gasteiger partial charge in [-0.2, -0.15) is 0 Å². The van der Waals surface area contributed by atoms with E-state index in [1.807, 2.05) is 55.5 Å². The largest absolute Gasteiger partial charge is 0.378 e. The predicted octanol–water partition coefficient (Wildman–Crippen LogP) is 4.61. The first-order valence-corrected chi connectivity index (χ1v) is 10.9. The quantitative estimate of drug-likeness (QED) is 0.576. The highest BCUT2D eigenvalue weighted by molar-refractivity contribution is 6.38. The third-order valence-electron chi connectivity index (χ3n) is 5.79. The Hall–Kier alpha value is -3.35. The molecule has 1 fully saturated rings. The molecule has 0 bridgehead atoms. The number of H-pyrrole nitrogens is 1. The van der Waals surface area contributed by atoms with Crippen LogP contribution in [0.2, 0.25) is 5.02 Å². The number of hydrogen-bond acceptors (Lipinski definition) is 3. The molecule has 6 nitrogen and oxygen atoms in total. The number of nitrogens with one attached hydrogen (secondary N) is 2. The van der Waals surface area contributed by atoms with Gasteiger partial charge in [0.25, 0.3) is 11.8 Å². The van der Waals surface area contributed by atoms with Crippen LogP contribution in [0.25, 0.3) is 22.8 Å². The maximum atomic E-state index is 13.2. The third-order valence-corrected chi connectivity index (χ3v) is 6.12. The van der Waals surface area contributed by atoms with Gasteiger partial charge in [0.15, 0.2) is 0 Å². The van der Waals surface area contributed by atoms with Crippen LogP contribution in [0.1, 0.15) is 27.3 Å². The monoisotopic (exact) mass is 447 g/mol. The topological polar surface area (TPSA) is 74.4 Å².